The van der Waals surface area contributed by atoms with Crippen molar-refractivity contribution >= 4 is 17.5 Å². The number of amides is 1. The number of likely N-dealkylation sites (tertiary alicyclic amines) is 1. The van der Waals surface area contributed by atoms with Gasteiger partial charge in [-0.15, -0.1) is 0 Å². The molecular formula is C27H31FN4O2. The van der Waals surface area contributed by atoms with Crippen molar-refractivity contribution in [3.63, 3.8) is 0 Å². The first-order valence-corrected chi connectivity index (χ1v) is 11.7. The summed E-state index contributed by atoms with van der Waals surface area (Å²) in [6.07, 6.45) is 3.17. The van der Waals surface area contributed by atoms with E-state index in [9.17, 15) is 14.0 Å². The summed E-state index contributed by atoms with van der Waals surface area (Å²) in [4.78, 5) is 32.1. The van der Waals surface area contributed by atoms with Gasteiger partial charge >= 0.3 is 0 Å². The predicted octanol–water partition coefficient (Wildman–Crippen LogP) is 4.53. The third kappa shape index (κ3) is 5.59. The Morgan fingerprint density at radius 1 is 1.06 bits per heavy atom. The van der Waals surface area contributed by atoms with Crippen molar-refractivity contribution in [2.45, 2.75) is 40.2 Å². The maximum absolute atomic E-state index is 13.2. The average molecular weight is 463 g/mol. The number of aryl methyl sites for hydroxylation is 2. The highest BCUT2D eigenvalue weighted by Crippen LogP contribution is 2.22. The lowest BCUT2D eigenvalue weighted by Gasteiger charge is -2.30. The van der Waals surface area contributed by atoms with Gasteiger partial charge in [0, 0.05) is 35.6 Å². The highest BCUT2D eigenvalue weighted by atomic mass is 19.1. The van der Waals surface area contributed by atoms with Crippen LogP contribution in [0.25, 0.3) is 0 Å². The van der Waals surface area contributed by atoms with E-state index in [1.807, 2.05) is 39.0 Å². The molecule has 4 rings (SSSR count). The Bertz CT molecular complexity index is 1160. The molecule has 1 aliphatic heterocycles. The maximum Gasteiger partial charge on any atom is 0.228 e. The lowest BCUT2D eigenvalue weighted by atomic mass is 9.95. The fourth-order valence-corrected chi connectivity index (χ4v) is 4.51. The summed E-state index contributed by atoms with van der Waals surface area (Å²) in [7, 11) is 0. The zero-order valence-corrected chi connectivity index (χ0v) is 20.0. The number of nitrogens with zero attached hydrogens (tertiary/aromatic N) is 3. The summed E-state index contributed by atoms with van der Waals surface area (Å²) >= 11 is 0. The Labute approximate surface area is 199 Å². The fourth-order valence-electron chi connectivity index (χ4n) is 4.51. The van der Waals surface area contributed by atoms with Gasteiger partial charge in [0.1, 0.15) is 11.6 Å². The molecular weight excluding hydrogens is 431 g/mol. The van der Waals surface area contributed by atoms with E-state index in [1.165, 1.54) is 12.1 Å². The summed E-state index contributed by atoms with van der Waals surface area (Å²) in [5.41, 5.74) is 4.69. The molecule has 2 aromatic heterocycles. The lowest BCUT2D eigenvalue weighted by Crippen LogP contribution is -2.40. The first-order valence-electron chi connectivity index (χ1n) is 11.7. The number of hydrogen-bond acceptors (Lipinski definition) is 4. The number of carbonyl (C=O) groups excluding carboxylic acids is 2. The SMILES string of the molecule is Cc1ccc(NC(=O)C2CCN(CC(=O)c3cc(C)n(Cc4ccc(F)cc4)c3C)CC2)nc1. The van der Waals surface area contributed by atoms with E-state index in [0.29, 0.717) is 44.8 Å². The van der Waals surface area contributed by atoms with Crippen molar-refractivity contribution in [1.29, 1.82) is 0 Å². The third-order valence-corrected chi connectivity index (χ3v) is 6.62. The number of benzene rings is 1. The summed E-state index contributed by atoms with van der Waals surface area (Å²) in [6, 6.07) is 12.1. The van der Waals surface area contributed by atoms with Crippen LogP contribution in [0, 0.1) is 32.5 Å². The van der Waals surface area contributed by atoms with Crippen molar-refractivity contribution in [2.75, 3.05) is 25.0 Å². The standard InChI is InChI=1S/C27H31FN4O2/c1-18-4-9-26(29-15-18)30-27(34)22-10-12-31(13-11-22)17-25(33)24-14-19(2)32(20(24)3)16-21-5-7-23(28)8-6-21/h4-9,14-15,22H,10-13,16-17H2,1-3H3,(H,29,30,34). The monoisotopic (exact) mass is 462 g/mol. The Morgan fingerprint density at radius 3 is 2.41 bits per heavy atom. The van der Waals surface area contributed by atoms with E-state index < -0.39 is 0 Å². The number of rotatable bonds is 7. The minimum absolute atomic E-state index is 0.00771. The van der Waals surface area contributed by atoms with E-state index in [-0.39, 0.29) is 23.4 Å². The topological polar surface area (TPSA) is 67.2 Å². The molecule has 3 heterocycles. The molecule has 1 amide bonds. The van der Waals surface area contributed by atoms with Gasteiger partial charge in [0.2, 0.25) is 5.91 Å². The van der Waals surface area contributed by atoms with Crippen LogP contribution in [0.15, 0.2) is 48.7 Å². The molecule has 0 bridgehead atoms. The minimum atomic E-state index is -0.256. The van der Waals surface area contributed by atoms with Crippen LogP contribution in [0.1, 0.15) is 45.7 Å². The molecule has 0 radical (unpaired) electrons. The highest BCUT2D eigenvalue weighted by molar-refractivity contribution is 5.99. The molecule has 0 aliphatic carbocycles. The van der Waals surface area contributed by atoms with Gasteiger partial charge in [-0.3, -0.25) is 14.5 Å². The number of pyridine rings is 1. The molecule has 3 aromatic rings. The van der Waals surface area contributed by atoms with E-state index in [1.54, 1.807) is 18.3 Å². The Hall–Kier alpha value is -3.32. The second-order valence-corrected chi connectivity index (χ2v) is 9.18. The van der Waals surface area contributed by atoms with Crippen LogP contribution in [0.3, 0.4) is 0 Å². The van der Waals surface area contributed by atoms with E-state index in [0.717, 1.165) is 28.1 Å². The van der Waals surface area contributed by atoms with E-state index >= 15 is 0 Å². The first kappa shape index (κ1) is 23.8. The number of hydrogen-bond donors (Lipinski definition) is 1. The molecule has 1 aliphatic rings. The molecule has 34 heavy (non-hydrogen) atoms. The molecule has 1 saturated heterocycles. The number of halogens is 1. The first-order chi connectivity index (χ1) is 16.3. The van der Waals surface area contributed by atoms with Gasteiger partial charge in [-0.25, -0.2) is 9.37 Å². The predicted molar refractivity (Wildman–Crippen MR) is 131 cm³/mol. The molecule has 1 aromatic carbocycles. The zero-order chi connectivity index (χ0) is 24.2. The van der Waals surface area contributed by atoms with Gasteiger partial charge in [-0.05, 0) is 82.1 Å². The molecule has 0 atom stereocenters. The number of nitrogens with one attached hydrogen (secondary N) is 1. The molecule has 1 N–H and O–H groups in total. The van der Waals surface area contributed by atoms with Crippen LogP contribution in [0.4, 0.5) is 10.2 Å². The molecule has 7 heteroatoms. The second kappa shape index (κ2) is 10.3. The van der Waals surface area contributed by atoms with Crippen LogP contribution in [-0.2, 0) is 11.3 Å². The minimum Gasteiger partial charge on any atom is -0.344 e. The van der Waals surface area contributed by atoms with Crippen LogP contribution in [0.5, 0.6) is 0 Å². The zero-order valence-electron chi connectivity index (χ0n) is 20.0. The molecule has 0 spiro atoms. The Kier molecular flexibility index (Phi) is 7.22. The van der Waals surface area contributed by atoms with Gasteiger partial charge in [-0.2, -0.15) is 0 Å². The van der Waals surface area contributed by atoms with Crippen molar-refractivity contribution in [3.05, 3.63) is 82.6 Å². The molecule has 0 unspecified atom stereocenters. The third-order valence-electron chi connectivity index (χ3n) is 6.62. The van der Waals surface area contributed by atoms with E-state index in [4.69, 9.17) is 0 Å². The number of anilines is 1. The van der Waals surface area contributed by atoms with E-state index in [2.05, 4.69) is 19.8 Å². The van der Waals surface area contributed by atoms with Gasteiger partial charge in [0.05, 0.1) is 6.54 Å². The fraction of sp³-hybridized carbons (Fsp3) is 0.370. The summed E-state index contributed by atoms with van der Waals surface area (Å²) in [6.45, 7) is 8.26. The van der Waals surface area contributed by atoms with Crippen molar-refractivity contribution in [3.8, 4) is 0 Å². The largest absolute Gasteiger partial charge is 0.344 e. The van der Waals surface area contributed by atoms with Crippen LogP contribution in [-0.4, -0.2) is 45.8 Å². The smallest absolute Gasteiger partial charge is 0.228 e. The Morgan fingerprint density at radius 2 is 1.76 bits per heavy atom. The average Bonchev–Trinajstić information content (AvgIpc) is 3.11. The van der Waals surface area contributed by atoms with Gasteiger partial charge < -0.3 is 9.88 Å². The number of aromatic nitrogens is 2. The maximum atomic E-state index is 13.2. The number of piperidine rings is 1. The summed E-state index contributed by atoms with van der Waals surface area (Å²) in [5, 5.41) is 2.90. The Balaban J connectivity index is 1.32. The number of ketones is 1. The van der Waals surface area contributed by atoms with Crippen molar-refractivity contribution in [1.82, 2.24) is 14.5 Å². The molecule has 6 nitrogen and oxygen atoms in total. The van der Waals surface area contributed by atoms with Gasteiger partial charge in [-0.1, -0.05) is 18.2 Å². The normalized spacial score (nSPS) is 14.8. The van der Waals surface area contributed by atoms with Crippen LogP contribution >= 0.6 is 0 Å². The number of carbonyl (C=O) groups is 2. The molecule has 0 saturated carbocycles. The van der Waals surface area contributed by atoms with Crippen LogP contribution in [0.2, 0.25) is 0 Å². The van der Waals surface area contributed by atoms with Crippen molar-refractivity contribution in [2.24, 2.45) is 5.92 Å². The van der Waals surface area contributed by atoms with Gasteiger partial charge in [0.15, 0.2) is 5.78 Å². The number of Topliss-reactive ketones (excluding diaryl/α,β-unsaturated/α-hetero) is 1. The van der Waals surface area contributed by atoms with Gasteiger partial charge in [0.25, 0.3) is 0 Å². The molecule has 178 valence electrons. The lowest BCUT2D eigenvalue weighted by molar-refractivity contribution is -0.121. The highest BCUT2D eigenvalue weighted by Gasteiger charge is 2.27. The summed E-state index contributed by atoms with van der Waals surface area (Å²) < 4.78 is 15.3. The molecule has 1 fully saturated rings. The quantitative estimate of drug-likeness (QED) is 0.524. The van der Waals surface area contributed by atoms with Crippen molar-refractivity contribution < 1.29 is 14.0 Å². The second-order valence-electron chi connectivity index (χ2n) is 9.18. The summed E-state index contributed by atoms with van der Waals surface area (Å²) in [5.74, 6) is 0.324. The van der Waals surface area contributed by atoms with Crippen LogP contribution < -0.4 is 5.32 Å².